The number of unbranched alkanes of at least 4 members (excludes halogenated alkanes) is 1. The Bertz CT molecular complexity index is 1770. The number of nitrogens with zero attached hydrogens (tertiary/aromatic N) is 4. The smallest absolute Gasteiger partial charge is 0.338 e. The molecule has 0 aliphatic carbocycles. The first kappa shape index (κ1) is 38.6. The van der Waals surface area contributed by atoms with Crippen LogP contribution in [0.25, 0.3) is 11.2 Å². The van der Waals surface area contributed by atoms with Crippen LogP contribution in [0.2, 0.25) is 0 Å². The van der Waals surface area contributed by atoms with Crippen molar-refractivity contribution in [2.45, 2.75) is 73.0 Å². The van der Waals surface area contributed by atoms with Gasteiger partial charge in [-0.1, -0.05) is 70.5 Å². The summed E-state index contributed by atoms with van der Waals surface area (Å²) in [5.74, 6) is -0.466. The largest absolute Gasteiger partial charge is 0.462 e. The molecule has 4 rings (SSSR count). The lowest BCUT2D eigenvalue weighted by Gasteiger charge is -2.24. The van der Waals surface area contributed by atoms with Gasteiger partial charge in [0.15, 0.2) is 11.5 Å². The monoisotopic (exact) mass is 707 g/mol. The fraction of sp³-hybridized carbons (Fsp3) is 0.472. The number of hydrogen-bond donors (Lipinski definition) is 3. The molecule has 0 radical (unpaired) electrons. The summed E-state index contributed by atoms with van der Waals surface area (Å²) in [6, 6.07) is 14.6. The lowest BCUT2D eigenvalue weighted by Crippen LogP contribution is -2.30. The fourth-order valence-corrected chi connectivity index (χ4v) is 6.81. The third-order valence-corrected chi connectivity index (χ3v) is 9.77. The summed E-state index contributed by atoms with van der Waals surface area (Å²) >= 11 is 0. The van der Waals surface area contributed by atoms with E-state index in [4.69, 9.17) is 19.9 Å². The molecule has 2 heterocycles. The highest BCUT2D eigenvalue weighted by atomic mass is 31.2. The molecule has 50 heavy (non-hydrogen) atoms. The molecule has 0 aliphatic heterocycles. The molecule has 4 N–H and O–H groups in total. The van der Waals surface area contributed by atoms with Gasteiger partial charge in [0.2, 0.25) is 7.44 Å². The van der Waals surface area contributed by atoms with Gasteiger partial charge in [0.05, 0.1) is 43.3 Å². The number of nitrogens with one attached hydrogen (secondary N) is 2. The molecular weight excluding hydrogens is 657 g/mol. The number of benzene rings is 2. The van der Waals surface area contributed by atoms with Crippen LogP contribution in [0.3, 0.4) is 0 Å². The Labute approximate surface area is 294 Å². The Morgan fingerprint density at radius 1 is 0.920 bits per heavy atom. The average Bonchev–Trinajstić information content (AvgIpc) is 3.50. The van der Waals surface area contributed by atoms with Gasteiger partial charge in [-0.3, -0.25) is 14.7 Å². The highest BCUT2D eigenvalue weighted by molar-refractivity contribution is 7.59. The molecule has 0 saturated heterocycles. The van der Waals surface area contributed by atoms with Crippen LogP contribution in [0.5, 0.6) is 0 Å². The summed E-state index contributed by atoms with van der Waals surface area (Å²) in [5.41, 5.74) is 9.41. The molecule has 0 fully saturated rings. The topological polar surface area (TPSA) is 173 Å². The number of esters is 2. The van der Waals surface area contributed by atoms with Gasteiger partial charge in [-0.2, -0.15) is 0 Å². The highest BCUT2D eigenvalue weighted by Crippen LogP contribution is 2.36. The van der Waals surface area contributed by atoms with Crippen molar-refractivity contribution in [2.24, 2.45) is 5.41 Å². The standard InChI is InChI=1S/C36H50N7O6P/c1-6-7-20-47-34(44)29-14-10-8-12-27(29)16-18-41-50(46,25-49-26(2)21-43-24-40-31-32(37)38-23-39-33(31)43)42-19-17-28-13-9-11-15-30(28)35(45)48-22-36(3,4)5/h8-15,23-24,26H,6-7,16-22,25H2,1-5H3,(H2,37,38,39)(H2,41,42,46)/t26-,50+/m1/s1. The van der Waals surface area contributed by atoms with Crippen LogP contribution in [0.15, 0.2) is 61.2 Å². The molecule has 0 saturated carbocycles. The van der Waals surface area contributed by atoms with Crippen molar-refractivity contribution >= 4 is 36.4 Å². The van der Waals surface area contributed by atoms with Crippen LogP contribution in [0.1, 0.15) is 79.3 Å². The van der Waals surface area contributed by atoms with Gasteiger partial charge in [0.1, 0.15) is 18.2 Å². The Morgan fingerprint density at radius 2 is 1.52 bits per heavy atom. The van der Waals surface area contributed by atoms with E-state index >= 15 is 0 Å². The molecule has 4 aromatic rings. The van der Waals surface area contributed by atoms with E-state index in [-0.39, 0.29) is 29.8 Å². The van der Waals surface area contributed by atoms with Crippen LogP contribution < -0.4 is 15.9 Å². The van der Waals surface area contributed by atoms with E-state index in [1.807, 2.05) is 63.5 Å². The van der Waals surface area contributed by atoms with Crippen LogP contribution in [0, 0.1) is 5.41 Å². The first-order valence-corrected chi connectivity index (χ1v) is 18.9. The lowest BCUT2D eigenvalue weighted by molar-refractivity contribution is 0.0365. The first-order valence-electron chi connectivity index (χ1n) is 17.0. The second-order valence-corrected chi connectivity index (χ2v) is 15.8. The summed E-state index contributed by atoms with van der Waals surface area (Å²) in [6.07, 6.45) is 5.11. The number of carbonyl (C=O) groups is 2. The minimum absolute atomic E-state index is 0.117. The minimum atomic E-state index is -3.35. The Balaban J connectivity index is 1.43. The second-order valence-electron chi connectivity index (χ2n) is 13.4. The van der Waals surface area contributed by atoms with Crippen LogP contribution >= 0.6 is 7.44 Å². The van der Waals surface area contributed by atoms with E-state index in [1.54, 1.807) is 30.6 Å². The van der Waals surface area contributed by atoms with E-state index in [2.05, 4.69) is 25.1 Å². The van der Waals surface area contributed by atoms with Crippen molar-refractivity contribution in [3.8, 4) is 0 Å². The maximum atomic E-state index is 14.4. The minimum Gasteiger partial charge on any atom is -0.462 e. The predicted molar refractivity (Wildman–Crippen MR) is 194 cm³/mol. The molecule has 14 heteroatoms. The third-order valence-electron chi connectivity index (χ3n) is 7.79. The van der Waals surface area contributed by atoms with Crippen molar-refractivity contribution < 1.29 is 28.4 Å². The summed E-state index contributed by atoms with van der Waals surface area (Å²) in [6.45, 7) is 11.6. The summed E-state index contributed by atoms with van der Waals surface area (Å²) < 4.78 is 33.4. The maximum absolute atomic E-state index is 14.4. The van der Waals surface area contributed by atoms with Crippen molar-refractivity contribution in [1.29, 1.82) is 0 Å². The molecule has 0 spiro atoms. The van der Waals surface area contributed by atoms with Crippen molar-refractivity contribution in [3.63, 3.8) is 0 Å². The highest BCUT2D eigenvalue weighted by Gasteiger charge is 2.25. The molecular formula is C36H50N7O6P. The van der Waals surface area contributed by atoms with E-state index in [1.165, 1.54) is 6.33 Å². The van der Waals surface area contributed by atoms with Crippen molar-refractivity contribution in [1.82, 2.24) is 29.7 Å². The number of rotatable bonds is 19. The van der Waals surface area contributed by atoms with Gasteiger partial charge < -0.3 is 24.5 Å². The fourth-order valence-electron chi connectivity index (χ4n) is 5.11. The number of nitrogen functional groups attached to an aromatic ring is 1. The number of carbonyl (C=O) groups excluding carboxylic acids is 2. The van der Waals surface area contributed by atoms with Crippen molar-refractivity contribution in [2.75, 3.05) is 38.4 Å². The molecule has 2 atom stereocenters. The molecule has 0 amide bonds. The SMILES string of the molecule is CCCCOC(=O)c1ccccc1CCN[P@@](=O)(CO[C@H](C)Cn1cnc2c(N)ncnc21)NCCc1ccccc1C(=O)OCC(C)(C)C. The Hall–Kier alpha value is -4.16. The van der Waals surface area contributed by atoms with Gasteiger partial charge in [0, 0.05) is 13.1 Å². The number of aromatic nitrogens is 4. The van der Waals surface area contributed by atoms with Crippen LogP contribution in [0.4, 0.5) is 5.82 Å². The summed E-state index contributed by atoms with van der Waals surface area (Å²) in [5, 5.41) is 6.39. The zero-order chi connectivity index (χ0) is 36.1. The van der Waals surface area contributed by atoms with E-state index in [0.717, 1.165) is 24.0 Å². The summed E-state index contributed by atoms with van der Waals surface area (Å²) in [4.78, 5) is 38.3. The van der Waals surface area contributed by atoms with E-state index in [9.17, 15) is 14.2 Å². The molecule has 0 unspecified atom stereocenters. The first-order chi connectivity index (χ1) is 23.9. The number of hydrogen-bond acceptors (Lipinski definition) is 10. The van der Waals surface area contributed by atoms with Gasteiger partial charge >= 0.3 is 11.9 Å². The molecule has 270 valence electrons. The number of nitrogens with two attached hydrogens (primary N) is 1. The van der Waals surface area contributed by atoms with Gasteiger partial charge in [-0.05, 0) is 54.9 Å². The van der Waals surface area contributed by atoms with Crippen LogP contribution in [-0.4, -0.2) is 70.2 Å². The zero-order valence-corrected chi connectivity index (χ0v) is 30.6. The normalized spacial score (nSPS) is 13.5. The maximum Gasteiger partial charge on any atom is 0.338 e. The van der Waals surface area contributed by atoms with E-state index < -0.39 is 7.44 Å². The number of ether oxygens (including phenoxy) is 3. The molecule has 2 aromatic carbocycles. The summed E-state index contributed by atoms with van der Waals surface area (Å²) in [7, 11) is -3.35. The van der Waals surface area contributed by atoms with E-state index in [0.29, 0.717) is 73.8 Å². The molecule has 13 nitrogen and oxygen atoms in total. The third kappa shape index (κ3) is 11.4. The second kappa shape index (κ2) is 18.2. The Morgan fingerprint density at radius 3 is 2.12 bits per heavy atom. The molecule has 0 bridgehead atoms. The number of imidazole rings is 1. The van der Waals surface area contributed by atoms with Gasteiger partial charge in [-0.15, -0.1) is 0 Å². The predicted octanol–water partition coefficient (Wildman–Crippen LogP) is 5.79. The Kier molecular flexibility index (Phi) is 14.1. The number of fused-ring (bicyclic) bond motifs is 1. The number of anilines is 1. The van der Waals surface area contributed by atoms with Gasteiger partial charge in [0.25, 0.3) is 0 Å². The molecule has 2 aromatic heterocycles. The lowest BCUT2D eigenvalue weighted by atomic mass is 9.98. The van der Waals surface area contributed by atoms with Gasteiger partial charge in [-0.25, -0.2) is 24.5 Å². The quantitative estimate of drug-likeness (QED) is 0.0610. The van der Waals surface area contributed by atoms with Crippen LogP contribution in [-0.2, 0) is 38.2 Å². The zero-order valence-electron chi connectivity index (χ0n) is 29.7. The average molecular weight is 708 g/mol. The van der Waals surface area contributed by atoms with Crippen molar-refractivity contribution in [3.05, 3.63) is 83.4 Å². The molecule has 0 aliphatic rings.